The Balaban J connectivity index is 2.13. The van der Waals surface area contributed by atoms with Crippen molar-refractivity contribution < 1.29 is 0 Å². The van der Waals surface area contributed by atoms with Gasteiger partial charge in [0.2, 0.25) is 0 Å². The van der Waals surface area contributed by atoms with Crippen molar-refractivity contribution in [3.8, 4) is 0 Å². The molecule has 110 valence electrons. The fourth-order valence-electron chi connectivity index (χ4n) is 2.93. The molecule has 1 aromatic rings. The zero-order valence-corrected chi connectivity index (χ0v) is 13.8. The summed E-state index contributed by atoms with van der Waals surface area (Å²) in [4.78, 5) is 7.44. The van der Waals surface area contributed by atoms with Crippen LogP contribution in [0, 0.1) is 18.3 Å². The lowest BCUT2D eigenvalue weighted by Crippen LogP contribution is -2.38. The van der Waals surface area contributed by atoms with Gasteiger partial charge in [-0.15, -0.1) is 0 Å². The van der Waals surface area contributed by atoms with Gasteiger partial charge in [0.05, 0.1) is 0 Å². The summed E-state index contributed by atoms with van der Waals surface area (Å²) in [7, 11) is 0. The molecular formula is C16H25N3S. The van der Waals surface area contributed by atoms with Crippen LogP contribution < -0.4 is 10.6 Å². The van der Waals surface area contributed by atoms with E-state index in [9.17, 15) is 0 Å². The monoisotopic (exact) mass is 291 g/mol. The lowest BCUT2D eigenvalue weighted by atomic mass is 9.75. The normalized spacial score (nSPS) is 17.3. The Labute approximate surface area is 127 Å². The van der Waals surface area contributed by atoms with Crippen LogP contribution in [0.5, 0.6) is 0 Å². The Morgan fingerprint density at radius 1 is 1.30 bits per heavy atom. The van der Waals surface area contributed by atoms with E-state index in [-0.39, 0.29) is 0 Å². The Bertz CT molecular complexity index is 497. The van der Waals surface area contributed by atoms with Gasteiger partial charge in [-0.1, -0.05) is 33.0 Å². The van der Waals surface area contributed by atoms with E-state index >= 15 is 0 Å². The molecule has 0 saturated carbocycles. The highest BCUT2D eigenvalue weighted by molar-refractivity contribution is 7.80. The van der Waals surface area contributed by atoms with Crippen LogP contribution in [0.2, 0.25) is 0 Å². The number of piperidine rings is 1. The average molecular weight is 291 g/mol. The van der Waals surface area contributed by atoms with E-state index in [1.54, 1.807) is 0 Å². The molecule has 1 aromatic heterocycles. The second-order valence-corrected chi connectivity index (χ2v) is 7.29. The molecule has 0 spiro atoms. The van der Waals surface area contributed by atoms with Crippen molar-refractivity contribution in [3.05, 3.63) is 23.4 Å². The van der Waals surface area contributed by atoms with Crippen LogP contribution in [0.3, 0.4) is 0 Å². The van der Waals surface area contributed by atoms with Crippen LogP contribution >= 0.6 is 12.2 Å². The third kappa shape index (κ3) is 3.48. The summed E-state index contributed by atoms with van der Waals surface area (Å²) in [5.74, 6) is 1.80. The first-order chi connectivity index (χ1) is 9.27. The topological polar surface area (TPSA) is 42.1 Å². The van der Waals surface area contributed by atoms with Crippen LogP contribution in [0.1, 0.15) is 44.9 Å². The highest BCUT2D eigenvalue weighted by Crippen LogP contribution is 2.35. The minimum absolute atomic E-state index is 0.399. The molecule has 0 atom stereocenters. The SMILES string of the molecule is Cc1cc(C(N)=S)cc(N2CCC(C(C)(C)C)CC2)n1. The quantitative estimate of drug-likeness (QED) is 0.849. The maximum absolute atomic E-state index is 5.75. The van der Waals surface area contributed by atoms with Crippen molar-refractivity contribution in [1.82, 2.24) is 4.98 Å². The van der Waals surface area contributed by atoms with E-state index in [0.29, 0.717) is 10.4 Å². The minimum atomic E-state index is 0.399. The number of aromatic nitrogens is 1. The van der Waals surface area contributed by atoms with Crippen LogP contribution in [0.15, 0.2) is 12.1 Å². The summed E-state index contributed by atoms with van der Waals surface area (Å²) >= 11 is 5.08. The summed E-state index contributed by atoms with van der Waals surface area (Å²) in [5.41, 5.74) is 8.04. The molecule has 20 heavy (non-hydrogen) atoms. The molecule has 2 rings (SSSR count). The number of hydrogen-bond donors (Lipinski definition) is 1. The van der Waals surface area contributed by atoms with Crippen molar-refractivity contribution >= 4 is 23.0 Å². The van der Waals surface area contributed by atoms with Crippen molar-refractivity contribution in [2.75, 3.05) is 18.0 Å². The maximum Gasteiger partial charge on any atom is 0.129 e. The number of nitrogens with zero attached hydrogens (tertiary/aromatic N) is 2. The molecule has 4 heteroatoms. The Kier molecular flexibility index (Phi) is 4.33. The van der Waals surface area contributed by atoms with E-state index in [4.69, 9.17) is 18.0 Å². The highest BCUT2D eigenvalue weighted by atomic mass is 32.1. The molecule has 0 amide bonds. The number of thiocarbonyl (C=S) groups is 1. The lowest BCUT2D eigenvalue weighted by Gasteiger charge is -2.39. The van der Waals surface area contributed by atoms with Gasteiger partial charge in [-0.05, 0) is 43.2 Å². The molecular weight excluding hydrogens is 266 g/mol. The number of aryl methyl sites for hydroxylation is 1. The molecule has 0 aromatic carbocycles. The molecule has 3 nitrogen and oxygen atoms in total. The first kappa shape index (κ1) is 15.2. The summed E-state index contributed by atoms with van der Waals surface area (Å²) in [6.45, 7) is 11.1. The van der Waals surface area contributed by atoms with Gasteiger partial charge < -0.3 is 10.6 Å². The van der Waals surface area contributed by atoms with E-state index in [0.717, 1.165) is 36.1 Å². The van der Waals surface area contributed by atoms with Crippen LogP contribution in [0.25, 0.3) is 0 Å². The predicted octanol–water partition coefficient (Wildman–Crippen LogP) is 3.29. The first-order valence-corrected chi connectivity index (χ1v) is 7.71. The third-order valence-corrected chi connectivity index (χ3v) is 4.50. The summed E-state index contributed by atoms with van der Waals surface area (Å²) in [5, 5.41) is 0. The summed E-state index contributed by atoms with van der Waals surface area (Å²) in [6, 6.07) is 3.97. The van der Waals surface area contributed by atoms with E-state index in [1.807, 2.05) is 19.1 Å². The molecule has 1 aliphatic rings. The zero-order valence-electron chi connectivity index (χ0n) is 12.9. The van der Waals surface area contributed by atoms with Gasteiger partial charge in [0, 0.05) is 24.3 Å². The van der Waals surface area contributed by atoms with Gasteiger partial charge in [-0.2, -0.15) is 0 Å². The number of pyridine rings is 1. The Hall–Kier alpha value is -1.16. The van der Waals surface area contributed by atoms with Gasteiger partial charge in [0.25, 0.3) is 0 Å². The second kappa shape index (κ2) is 5.68. The van der Waals surface area contributed by atoms with Gasteiger partial charge in [0.15, 0.2) is 0 Å². The highest BCUT2D eigenvalue weighted by Gasteiger charge is 2.29. The second-order valence-electron chi connectivity index (χ2n) is 6.85. The van der Waals surface area contributed by atoms with E-state index in [1.165, 1.54) is 12.8 Å². The minimum Gasteiger partial charge on any atom is -0.389 e. The zero-order chi connectivity index (χ0) is 14.9. The molecule has 1 aliphatic heterocycles. The van der Waals surface area contributed by atoms with Gasteiger partial charge >= 0.3 is 0 Å². The van der Waals surface area contributed by atoms with Crippen molar-refractivity contribution in [1.29, 1.82) is 0 Å². The number of hydrogen-bond acceptors (Lipinski definition) is 3. The fraction of sp³-hybridized carbons (Fsp3) is 0.625. The van der Waals surface area contributed by atoms with Gasteiger partial charge in [0.1, 0.15) is 10.8 Å². The smallest absolute Gasteiger partial charge is 0.129 e. The van der Waals surface area contributed by atoms with Crippen LogP contribution in [0.4, 0.5) is 5.82 Å². The molecule has 0 unspecified atom stereocenters. The van der Waals surface area contributed by atoms with Crippen molar-refractivity contribution in [2.45, 2.75) is 40.5 Å². The summed E-state index contributed by atoms with van der Waals surface area (Å²) in [6.07, 6.45) is 2.45. The maximum atomic E-state index is 5.75. The summed E-state index contributed by atoms with van der Waals surface area (Å²) < 4.78 is 0. The average Bonchev–Trinajstić information content (AvgIpc) is 2.37. The van der Waals surface area contributed by atoms with Crippen LogP contribution in [-0.4, -0.2) is 23.1 Å². The first-order valence-electron chi connectivity index (χ1n) is 7.31. The van der Waals surface area contributed by atoms with Gasteiger partial charge in [-0.25, -0.2) is 4.98 Å². The van der Waals surface area contributed by atoms with Crippen LogP contribution in [-0.2, 0) is 0 Å². The largest absolute Gasteiger partial charge is 0.389 e. The molecule has 2 N–H and O–H groups in total. The number of anilines is 1. The van der Waals surface area contributed by atoms with Crippen molar-refractivity contribution in [3.63, 3.8) is 0 Å². The standard InChI is InChI=1S/C16H25N3S/c1-11-9-12(15(17)20)10-14(18-11)19-7-5-13(6-8-19)16(2,3)4/h9-10,13H,5-8H2,1-4H3,(H2,17,20). The molecule has 0 bridgehead atoms. The van der Waals surface area contributed by atoms with E-state index in [2.05, 4.69) is 30.7 Å². The molecule has 0 aliphatic carbocycles. The Morgan fingerprint density at radius 3 is 2.40 bits per heavy atom. The molecule has 1 fully saturated rings. The molecule has 1 saturated heterocycles. The third-order valence-electron chi connectivity index (χ3n) is 4.27. The van der Waals surface area contributed by atoms with Gasteiger partial charge in [-0.3, -0.25) is 0 Å². The molecule has 0 radical (unpaired) electrons. The number of nitrogens with two attached hydrogens (primary N) is 1. The number of rotatable bonds is 2. The predicted molar refractivity (Wildman–Crippen MR) is 89.3 cm³/mol. The van der Waals surface area contributed by atoms with Crippen molar-refractivity contribution in [2.24, 2.45) is 17.1 Å². The Morgan fingerprint density at radius 2 is 1.90 bits per heavy atom. The fourth-order valence-corrected chi connectivity index (χ4v) is 3.05. The molecule has 2 heterocycles. The van der Waals surface area contributed by atoms with E-state index < -0.39 is 0 Å². The lowest BCUT2D eigenvalue weighted by molar-refractivity contribution is 0.198.